The molecule has 1 aromatic carbocycles. The molecule has 0 bridgehead atoms. The van der Waals surface area contributed by atoms with Gasteiger partial charge in [0.15, 0.2) is 9.84 Å². The van der Waals surface area contributed by atoms with E-state index < -0.39 is 25.9 Å². The van der Waals surface area contributed by atoms with Crippen LogP contribution >= 0.6 is 11.6 Å². The van der Waals surface area contributed by atoms with E-state index >= 15 is 0 Å². The highest BCUT2D eigenvalue weighted by molar-refractivity contribution is 7.92. The molecule has 2 heterocycles. The maximum atomic E-state index is 13.2. The lowest BCUT2D eigenvalue weighted by Crippen LogP contribution is -2.43. The lowest BCUT2D eigenvalue weighted by molar-refractivity contribution is 0.0367. The summed E-state index contributed by atoms with van der Waals surface area (Å²) in [6.45, 7) is 4.10. The number of ether oxygens (including phenoxy) is 1. The summed E-state index contributed by atoms with van der Waals surface area (Å²) in [6.07, 6.45) is 0.982. The second kappa shape index (κ2) is 8.75. The number of sulfonamides is 1. The molecule has 27 heavy (non-hydrogen) atoms. The molecular formula is C17H25ClN2O5S2. The smallest absolute Gasteiger partial charge is 0.243 e. The van der Waals surface area contributed by atoms with Gasteiger partial charge in [-0.1, -0.05) is 11.6 Å². The van der Waals surface area contributed by atoms with Crippen LogP contribution in [0.1, 0.15) is 12.8 Å². The highest BCUT2D eigenvalue weighted by Gasteiger charge is 2.38. The first-order valence-corrected chi connectivity index (χ1v) is 12.7. The Kier molecular flexibility index (Phi) is 6.81. The SMILES string of the molecule is O=S1(=O)CC[C@@H](N(CCCN2CCOCC2)S(=O)(=O)c2ccc(Cl)cc2)C1. The molecule has 1 atom stereocenters. The van der Waals surface area contributed by atoms with Gasteiger partial charge in [-0.05, 0) is 43.7 Å². The quantitative estimate of drug-likeness (QED) is 0.639. The standard InChI is InChI=1S/C17H25ClN2O5S2/c18-15-2-4-17(5-3-15)27(23,24)20(16-6-13-26(21,22)14-16)8-1-7-19-9-11-25-12-10-19/h2-5,16H,1,6-14H2/t16-/m1/s1. The maximum Gasteiger partial charge on any atom is 0.243 e. The second-order valence-electron chi connectivity index (χ2n) is 6.93. The maximum absolute atomic E-state index is 13.2. The number of benzene rings is 1. The van der Waals surface area contributed by atoms with Crippen LogP contribution in [0.15, 0.2) is 29.2 Å². The molecule has 0 saturated carbocycles. The predicted octanol–water partition coefficient (Wildman–Crippen LogP) is 1.24. The lowest BCUT2D eigenvalue weighted by atomic mass is 10.2. The van der Waals surface area contributed by atoms with E-state index in [4.69, 9.17) is 16.3 Å². The number of hydrogen-bond donors (Lipinski definition) is 0. The fourth-order valence-corrected chi connectivity index (χ4v) is 7.16. The molecule has 0 spiro atoms. The van der Waals surface area contributed by atoms with Gasteiger partial charge in [0.2, 0.25) is 10.0 Å². The van der Waals surface area contributed by atoms with Crippen LogP contribution in [0, 0.1) is 0 Å². The summed E-state index contributed by atoms with van der Waals surface area (Å²) in [4.78, 5) is 2.38. The van der Waals surface area contributed by atoms with Crippen LogP contribution in [-0.4, -0.2) is 83.0 Å². The van der Waals surface area contributed by atoms with Crippen LogP contribution < -0.4 is 0 Å². The summed E-state index contributed by atoms with van der Waals surface area (Å²) < 4.78 is 56.9. The zero-order valence-electron chi connectivity index (χ0n) is 15.1. The van der Waals surface area contributed by atoms with Crippen molar-refractivity contribution in [2.24, 2.45) is 0 Å². The molecule has 0 amide bonds. The number of halogens is 1. The van der Waals surface area contributed by atoms with Gasteiger partial charge in [-0.25, -0.2) is 16.8 Å². The molecule has 1 aromatic rings. The van der Waals surface area contributed by atoms with E-state index in [1.54, 1.807) is 0 Å². The Morgan fingerprint density at radius 2 is 1.85 bits per heavy atom. The van der Waals surface area contributed by atoms with Crippen molar-refractivity contribution >= 4 is 31.5 Å². The first kappa shape index (κ1) is 21.0. The van der Waals surface area contributed by atoms with Crippen LogP contribution in [0.25, 0.3) is 0 Å². The van der Waals surface area contributed by atoms with Gasteiger partial charge in [-0.2, -0.15) is 4.31 Å². The minimum absolute atomic E-state index is 0.0355. The number of nitrogens with zero attached hydrogens (tertiary/aromatic N) is 2. The summed E-state index contributed by atoms with van der Waals surface area (Å²) >= 11 is 5.87. The van der Waals surface area contributed by atoms with Crippen molar-refractivity contribution in [3.05, 3.63) is 29.3 Å². The van der Waals surface area contributed by atoms with Gasteiger partial charge in [0.25, 0.3) is 0 Å². The Hall–Kier alpha value is -0.710. The summed E-state index contributed by atoms with van der Waals surface area (Å²) in [5.74, 6) is -0.0782. The highest BCUT2D eigenvalue weighted by Crippen LogP contribution is 2.26. The molecule has 0 aliphatic carbocycles. The molecule has 2 saturated heterocycles. The van der Waals surface area contributed by atoms with E-state index in [9.17, 15) is 16.8 Å². The van der Waals surface area contributed by atoms with Crippen LogP contribution in [0.5, 0.6) is 0 Å². The average Bonchev–Trinajstić information content (AvgIpc) is 2.99. The van der Waals surface area contributed by atoms with Gasteiger partial charge in [0.05, 0.1) is 29.6 Å². The van der Waals surface area contributed by atoms with Crippen LogP contribution in [0.4, 0.5) is 0 Å². The topological polar surface area (TPSA) is 84.0 Å². The number of sulfone groups is 1. The molecule has 0 N–H and O–H groups in total. The molecule has 0 radical (unpaired) electrons. The molecule has 2 aliphatic rings. The summed E-state index contributed by atoms with van der Waals surface area (Å²) in [5, 5.41) is 0.455. The fourth-order valence-electron chi connectivity index (χ4n) is 3.52. The largest absolute Gasteiger partial charge is 0.379 e. The van der Waals surface area contributed by atoms with E-state index in [0.717, 1.165) is 19.6 Å². The third kappa shape index (κ3) is 5.42. The monoisotopic (exact) mass is 436 g/mol. The molecule has 2 fully saturated rings. The van der Waals surface area contributed by atoms with Crippen molar-refractivity contribution < 1.29 is 21.6 Å². The van der Waals surface area contributed by atoms with Crippen molar-refractivity contribution in [2.45, 2.75) is 23.8 Å². The number of morpholine rings is 1. The minimum atomic E-state index is -3.79. The molecule has 3 rings (SSSR count). The second-order valence-corrected chi connectivity index (χ2v) is 11.5. The van der Waals surface area contributed by atoms with Crippen molar-refractivity contribution in [1.82, 2.24) is 9.21 Å². The van der Waals surface area contributed by atoms with Gasteiger partial charge in [-0.3, -0.25) is 4.90 Å². The normalized spacial score (nSPS) is 23.7. The molecule has 2 aliphatic heterocycles. The molecular weight excluding hydrogens is 412 g/mol. The van der Waals surface area contributed by atoms with Gasteiger partial charge in [0, 0.05) is 30.7 Å². The molecule has 152 valence electrons. The Labute approximate surface area is 166 Å². The number of hydrogen-bond acceptors (Lipinski definition) is 6. The number of rotatable bonds is 7. The van der Waals surface area contributed by atoms with E-state index in [1.807, 2.05) is 0 Å². The summed E-state index contributed by atoms with van der Waals surface area (Å²) in [5.41, 5.74) is 0. The Balaban J connectivity index is 1.75. The van der Waals surface area contributed by atoms with Crippen molar-refractivity contribution in [2.75, 3.05) is 50.9 Å². The van der Waals surface area contributed by atoms with Gasteiger partial charge in [-0.15, -0.1) is 0 Å². The Bertz CT molecular complexity index is 837. The average molecular weight is 437 g/mol. The lowest BCUT2D eigenvalue weighted by Gasteiger charge is -2.30. The Morgan fingerprint density at radius 1 is 1.19 bits per heavy atom. The zero-order valence-corrected chi connectivity index (χ0v) is 17.5. The van der Waals surface area contributed by atoms with E-state index in [1.165, 1.54) is 28.6 Å². The molecule has 7 nitrogen and oxygen atoms in total. The van der Waals surface area contributed by atoms with Gasteiger partial charge in [0.1, 0.15) is 0 Å². The van der Waals surface area contributed by atoms with Crippen molar-refractivity contribution in [3.8, 4) is 0 Å². The predicted molar refractivity (Wildman–Crippen MR) is 104 cm³/mol. The van der Waals surface area contributed by atoms with E-state index in [0.29, 0.717) is 37.6 Å². The Morgan fingerprint density at radius 3 is 2.44 bits per heavy atom. The minimum Gasteiger partial charge on any atom is -0.379 e. The summed E-state index contributed by atoms with van der Waals surface area (Å²) in [6, 6.07) is 5.49. The van der Waals surface area contributed by atoms with Crippen LogP contribution in [-0.2, 0) is 24.6 Å². The van der Waals surface area contributed by atoms with E-state index in [-0.39, 0.29) is 16.4 Å². The zero-order chi connectivity index (χ0) is 19.5. The highest BCUT2D eigenvalue weighted by atomic mass is 35.5. The third-order valence-electron chi connectivity index (χ3n) is 4.99. The van der Waals surface area contributed by atoms with E-state index in [2.05, 4.69) is 4.90 Å². The van der Waals surface area contributed by atoms with Crippen molar-refractivity contribution in [1.29, 1.82) is 0 Å². The van der Waals surface area contributed by atoms with Gasteiger partial charge < -0.3 is 4.74 Å². The summed E-state index contributed by atoms with van der Waals surface area (Å²) in [7, 11) is -6.98. The van der Waals surface area contributed by atoms with Gasteiger partial charge >= 0.3 is 0 Å². The fraction of sp³-hybridized carbons (Fsp3) is 0.647. The van der Waals surface area contributed by atoms with Crippen LogP contribution in [0.3, 0.4) is 0 Å². The first-order chi connectivity index (χ1) is 12.8. The van der Waals surface area contributed by atoms with Crippen LogP contribution in [0.2, 0.25) is 5.02 Å². The first-order valence-electron chi connectivity index (χ1n) is 9.06. The molecule has 0 unspecified atom stereocenters. The molecule has 10 heteroatoms. The molecule has 0 aromatic heterocycles. The third-order valence-corrected chi connectivity index (χ3v) is 8.96. The van der Waals surface area contributed by atoms with Crippen molar-refractivity contribution in [3.63, 3.8) is 0 Å².